The number of hydrogen-bond acceptors (Lipinski definition) is 5. The number of carbonyl (C=O) groups excluding carboxylic acids is 3. The van der Waals surface area contributed by atoms with Gasteiger partial charge < -0.3 is 20.3 Å². The van der Waals surface area contributed by atoms with E-state index in [1.54, 1.807) is 25.7 Å². The van der Waals surface area contributed by atoms with E-state index >= 15 is 0 Å². The van der Waals surface area contributed by atoms with Crippen LogP contribution in [0.25, 0.3) is 0 Å². The first kappa shape index (κ1) is 28.8. The number of carbonyl (C=O) groups is 3. The van der Waals surface area contributed by atoms with E-state index in [0.29, 0.717) is 6.54 Å². The molecule has 1 rings (SSSR count). The number of ether oxygens (including phenoxy) is 1. The van der Waals surface area contributed by atoms with Crippen molar-refractivity contribution in [2.24, 2.45) is 0 Å². The first-order valence-electron chi connectivity index (χ1n) is 11.5. The highest BCUT2D eigenvalue weighted by molar-refractivity contribution is 7.80. The molecular weight excluding hydrogens is 438 g/mol. The topological polar surface area (TPSA) is 87.7 Å². The van der Waals surface area contributed by atoms with Gasteiger partial charge in [-0.3, -0.25) is 9.59 Å². The van der Waals surface area contributed by atoms with Crippen LogP contribution in [0.5, 0.6) is 0 Å². The Morgan fingerprint density at radius 1 is 1.09 bits per heavy atom. The number of aryl methyl sites for hydroxylation is 1. The second kappa shape index (κ2) is 12.3. The van der Waals surface area contributed by atoms with Crippen molar-refractivity contribution in [3.63, 3.8) is 0 Å². The first-order valence-corrected chi connectivity index (χ1v) is 12.1. The van der Waals surface area contributed by atoms with Crippen molar-refractivity contribution < 1.29 is 19.1 Å². The summed E-state index contributed by atoms with van der Waals surface area (Å²) in [6.45, 7) is 15.4. The first-order chi connectivity index (χ1) is 15.2. The summed E-state index contributed by atoms with van der Waals surface area (Å²) >= 11 is 4.31. The van der Waals surface area contributed by atoms with Gasteiger partial charge in [-0.25, -0.2) is 4.79 Å². The largest absolute Gasteiger partial charge is 0.444 e. The molecule has 1 aromatic carbocycles. The van der Waals surface area contributed by atoms with Gasteiger partial charge in [0.25, 0.3) is 0 Å². The predicted octanol–water partition coefficient (Wildman–Crippen LogP) is 4.40. The van der Waals surface area contributed by atoms with E-state index in [0.717, 1.165) is 24.0 Å². The molecule has 7 nitrogen and oxygen atoms in total. The van der Waals surface area contributed by atoms with Crippen LogP contribution < -0.4 is 10.6 Å². The third kappa shape index (κ3) is 8.91. The van der Waals surface area contributed by atoms with Crippen LogP contribution in [0.1, 0.15) is 78.5 Å². The van der Waals surface area contributed by atoms with E-state index in [9.17, 15) is 14.4 Å². The van der Waals surface area contributed by atoms with Crippen molar-refractivity contribution in [3.8, 4) is 0 Å². The minimum absolute atomic E-state index is 0.0581. The number of nitrogens with one attached hydrogen (secondary N) is 2. The fourth-order valence-electron chi connectivity index (χ4n) is 3.42. The SMILES string of the molecule is CCCCNC(=O)C(c1ccccc1C)N(C(=O)C(CS)NC(=O)OC(C)(C)C)C(C)(C)C. The van der Waals surface area contributed by atoms with Crippen molar-refractivity contribution in [1.29, 1.82) is 0 Å². The molecule has 0 aromatic heterocycles. The maximum atomic E-state index is 13.8. The lowest BCUT2D eigenvalue weighted by molar-refractivity contribution is -0.148. The Hall–Kier alpha value is -2.22. The van der Waals surface area contributed by atoms with Crippen LogP contribution >= 0.6 is 12.6 Å². The molecule has 0 aliphatic carbocycles. The normalized spacial score (nSPS) is 13.6. The Morgan fingerprint density at radius 2 is 1.70 bits per heavy atom. The molecule has 2 atom stereocenters. The summed E-state index contributed by atoms with van der Waals surface area (Å²) in [7, 11) is 0. The fourth-order valence-corrected chi connectivity index (χ4v) is 3.67. The smallest absolute Gasteiger partial charge is 0.408 e. The number of alkyl carbamates (subject to hydrolysis) is 1. The van der Waals surface area contributed by atoms with Gasteiger partial charge in [-0.2, -0.15) is 12.6 Å². The number of amides is 3. The summed E-state index contributed by atoms with van der Waals surface area (Å²) in [6, 6.07) is 5.71. The molecule has 0 aliphatic rings. The molecule has 2 N–H and O–H groups in total. The number of thiol groups is 1. The van der Waals surface area contributed by atoms with Crippen molar-refractivity contribution in [2.75, 3.05) is 12.3 Å². The van der Waals surface area contributed by atoms with Gasteiger partial charge in [-0.15, -0.1) is 0 Å². The Balaban J connectivity index is 3.42. The highest BCUT2D eigenvalue weighted by Gasteiger charge is 2.41. The van der Waals surface area contributed by atoms with Crippen LogP contribution in [0.3, 0.4) is 0 Å². The summed E-state index contributed by atoms with van der Waals surface area (Å²) in [4.78, 5) is 41.2. The Labute approximate surface area is 204 Å². The molecule has 186 valence electrons. The zero-order valence-corrected chi connectivity index (χ0v) is 22.2. The second-order valence-electron chi connectivity index (χ2n) is 10.2. The molecular formula is C25H41N3O4S. The molecule has 0 fully saturated rings. The molecule has 1 aromatic rings. The third-order valence-electron chi connectivity index (χ3n) is 4.95. The molecule has 0 radical (unpaired) electrons. The van der Waals surface area contributed by atoms with Crippen molar-refractivity contribution in [2.45, 2.75) is 91.5 Å². The van der Waals surface area contributed by atoms with Gasteiger partial charge in [0.15, 0.2) is 0 Å². The maximum absolute atomic E-state index is 13.8. The van der Waals surface area contributed by atoms with E-state index in [1.807, 2.05) is 52.0 Å². The Bertz CT molecular complexity index is 815. The molecule has 0 saturated heterocycles. The number of nitrogens with zero attached hydrogens (tertiary/aromatic N) is 1. The number of rotatable bonds is 9. The average molecular weight is 480 g/mol. The highest BCUT2D eigenvalue weighted by atomic mass is 32.1. The standard InChI is InChI=1S/C25H41N3O4S/c1-9-10-15-26-21(29)20(18-14-12-11-13-17(18)2)28(24(3,4)5)22(30)19(16-33)27-23(31)32-25(6,7)8/h11-14,19-20,33H,9-10,15-16H2,1-8H3,(H,26,29)(H,27,31). The molecule has 33 heavy (non-hydrogen) atoms. The minimum Gasteiger partial charge on any atom is -0.444 e. The van der Waals surface area contributed by atoms with Crippen LogP contribution in [0.2, 0.25) is 0 Å². The van der Waals surface area contributed by atoms with Crippen molar-refractivity contribution in [1.82, 2.24) is 15.5 Å². The van der Waals surface area contributed by atoms with Gasteiger partial charge in [0.1, 0.15) is 17.7 Å². The number of benzene rings is 1. The van der Waals surface area contributed by atoms with Gasteiger partial charge in [0, 0.05) is 17.8 Å². The van der Waals surface area contributed by atoms with Gasteiger partial charge >= 0.3 is 6.09 Å². The molecule has 0 spiro atoms. The molecule has 2 unspecified atom stereocenters. The monoisotopic (exact) mass is 479 g/mol. The number of unbranched alkanes of at least 4 members (excludes halogenated alkanes) is 1. The summed E-state index contributed by atoms with van der Waals surface area (Å²) in [5, 5.41) is 5.61. The summed E-state index contributed by atoms with van der Waals surface area (Å²) < 4.78 is 5.33. The van der Waals surface area contributed by atoms with Crippen LogP contribution in [0.15, 0.2) is 24.3 Å². The molecule has 8 heteroatoms. The summed E-state index contributed by atoms with van der Waals surface area (Å²) in [5.41, 5.74) is 0.215. The highest BCUT2D eigenvalue weighted by Crippen LogP contribution is 2.31. The van der Waals surface area contributed by atoms with Gasteiger partial charge in [0.2, 0.25) is 11.8 Å². The number of hydrogen-bond donors (Lipinski definition) is 3. The van der Waals surface area contributed by atoms with Crippen molar-refractivity contribution >= 4 is 30.5 Å². The lowest BCUT2D eigenvalue weighted by Gasteiger charge is -2.43. The lowest BCUT2D eigenvalue weighted by atomic mass is 9.93. The Kier molecular flexibility index (Phi) is 10.7. The molecule has 0 saturated carbocycles. The lowest BCUT2D eigenvalue weighted by Crippen LogP contribution is -2.59. The minimum atomic E-state index is -0.961. The van der Waals surface area contributed by atoms with E-state index < -0.39 is 35.2 Å². The summed E-state index contributed by atoms with van der Waals surface area (Å²) in [6.07, 6.45) is 1.08. The summed E-state index contributed by atoms with van der Waals surface area (Å²) in [5.74, 6) is -0.596. The van der Waals surface area contributed by atoms with Gasteiger partial charge in [-0.1, -0.05) is 37.6 Å². The third-order valence-corrected chi connectivity index (χ3v) is 5.32. The zero-order valence-electron chi connectivity index (χ0n) is 21.3. The fraction of sp³-hybridized carbons (Fsp3) is 0.640. The van der Waals surface area contributed by atoms with E-state index in [2.05, 4.69) is 30.2 Å². The van der Waals surface area contributed by atoms with Crippen LogP contribution in [0.4, 0.5) is 4.79 Å². The quantitative estimate of drug-likeness (QED) is 0.362. The van der Waals surface area contributed by atoms with E-state index in [4.69, 9.17) is 4.74 Å². The molecule has 0 bridgehead atoms. The molecule has 0 heterocycles. The van der Waals surface area contributed by atoms with Crippen LogP contribution in [-0.2, 0) is 14.3 Å². The van der Waals surface area contributed by atoms with Gasteiger partial charge in [-0.05, 0) is 66.0 Å². The van der Waals surface area contributed by atoms with Crippen molar-refractivity contribution in [3.05, 3.63) is 35.4 Å². The molecule has 3 amide bonds. The zero-order chi connectivity index (χ0) is 25.4. The van der Waals surface area contributed by atoms with Gasteiger partial charge in [0.05, 0.1) is 0 Å². The Morgan fingerprint density at radius 3 is 2.18 bits per heavy atom. The second-order valence-corrected chi connectivity index (χ2v) is 10.5. The van der Waals surface area contributed by atoms with Crippen LogP contribution in [-0.4, -0.2) is 52.3 Å². The van der Waals surface area contributed by atoms with Crippen LogP contribution in [0, 0.1) is 6.92 Å². The maximum Gasteiger partial charge on any atom is 0.408 e. The predicted molar refractivity (Wildman–Crippen MR) is 135 cm³/mol. The van der Waals surface area contributed by atoms with E-state index in [-0.39, 0.29) is 11.7 Å². The average Bonchev–Trinajstić information content (AvgIpc) is 2.68. The van der Waals surface area contributed by atoms with E-state index in [1.165, 1.54) is 0 Å². The molecule has 0 aliphatic heterocycles.